The zero-order valence-electron chi connectivity index (χ0n) is 10.4. The highest BCUT2D eigenvalue weighted by Crippen LogP contribution is 2.34. The molecule has 0 spiro atoms. The van der Waals surface area contributed by atoms with Crippen LogP contribution in [0, 0.1) is 6.92 Å². The van der Waals surface area contributed by atoms with Crippen molar-refractivity contribution in [2.75, 3.05) is 0 Å². The Bertz CT molecular complexity index is 557. The Balaban J connectivity index is 1.80. The maximum atomic E-state index is 6.27. The molecule has 1 aromatic carbocycles. The molecule has 1 aliphatic rings. The first-order valence-corrected chi connectivity index (χ1v) is 7.50. The third-order valence-electron chi connectivity index (χ3n) is 3.19. The smallest absolute Gasteiger partial charge is 0.0492 e. The van der Waals surface area contributed by atoms with E-state index < -0.39 is 0 Å². The lowest BCUT2D eigenvalue weighted by molar-refractivity contribution is 0.695. The number of rotatable bonds is 4. The Hall–Kier alpha value is -0.830. The van der Waals surface area contributed by atoms with Gasteiger partial charge in [0.2, 0.25) is 0 Å². The highest BCUT2D eigenvalue weighted by Gasteiger charge is 2.20. The lowest BCUT2D eigenvalue weighted by Crippen LogP contribution is -2.14. The fourth-order valence-corrected chi connectivity index (χ4v) is 3.24. The van der Waals surface area contributed by atoms with E-state index in [9.17, 15) is 0 Å². The minimum absolute atomic E-state index is 0.762. The third-order valence-corrected chi connectivity index (χ3v) is 4.64. The molecular weight excluding hydrogens is 262 g/mol. The Morgan fingerprint density at radius 1 is 1.28 bits per heavy atom. The molecule has 0 amide bonds. The first kappa shape index (κ1) is 12.2. The Morgan fingerprint density at radius 3 is 2.89 bits per heavy atom. The average Bonchev–Trinajstić information content (AvgIpc) is 3.08. The standard InChI is InChI=1S/C15H16ClNS/c1-10-2-6-14(16)13(8-10)15-7-5-12(18-15)9-17-11-3-4-11/h2,5-8,11,17H,3-4,9H2,1H3. The van der Waals surface area contributed by atoms with E-state index in [4.69, 9.17) is 11.6 Å². The lowest BCUT2D eigenvalue weighted by Gasteiger charge is -2.03. The van der Waals surface area contributed by atoms with E-state index in [0.717, 1.165) is 23.2 Å². The summed E-state index contributed by atoms with van der Waals surface area (Å²) in [5, 5.41) is 4.38. The van der Waals surface area contributed by atoms with Crippen LogP contribution >= 0.6 is 22.9 Å². The predicted molar refractivity (Wildman–Crippen MR) is 79.4 cm³/mol. The Labute approximate surface area is 117 Å². The molecular formula is C15H16ClNS. The number of hydrogen-bond donors (Lipinski definition) is 1. The second-order valence-corrected chi connectivity index (χ2v) is 6.48. The van der Waals surface area contributed by atoms with Gasteiger partial charge < -0.3 is 5.32 Å². The number of hydrogen-bond acceptors (Lipinski definition) is 2. The van der Waals surface area contributed by atoms with Gasteiger partial charge in [0.25, 0.3) is 0 Å². The molecule has 0 bridgehead atoms. The SMILES string of the molecule is Cc1ccc(Cl)c(-c2ccc(CNC3CC3)s2)c1. The van der Waals surface area contributed by atoms with E-state index in [-0.39, 0.29) is 0 Å². The van der Waals surface area contributed by atoms with Crippen LogP contribution in [0.4, 0.5) is 0 Å². The first-order valence-electron chi connectivity index (χ1n) is 6.31. The molecule has 1 saturated carbocycles. The molecule has 1 N–H and O–H groups in total. The summed E-state index contributed by atoms with van der Waals surface area (Å²) in [5.74, 6) is 0. The first-order chi connectivity index (χ1) is 8.72. The second-order valence-electron chi connectivity index (χ2n) is 4.90. The van der Waals surface area contributed by atoms with Crippen LogP contribution in [0.25, 0.3) is 10.4 Å². The fraction of sp³-hybridized carbons (Fsp3) is 0.333. The van der Waals surface area contributed by atoms with Crippen molar-refractivity contribution in [2.45, 2.75) is 32.4 Å². The predicted octanol–water partition coefficient (Wildman–Crippen LogP) is 4.63. The van der Waals surface area contributed by atoms with Crippen LogP contribution in [0.15, 0.2) is 30.3 Å². The van der Waals surface area contributed by atoms with Gasteiger partial charge in [-0.2, -0.15) is 0 Å². The summed E-state index contributed by atoms with van der Waals surface area (Å²) in [6, 6.07) is 11.3. The van der Waals surface area contributed by atoms with Crippen LogP contribution < -0.4 is 5.32 Å². The van der Waals surface area contributed by atoms with Crippen molar-refractivity contribution in [3.63, 3.8) is 0 Å². The molecule has 1 aliphatic carbocycles. The number of nitrogens with one attached hydrogen (secondary N) is 1. The normalized spacial score (nSPS) is 15.0. The molecule has 94 valence electrons. The molecule has 0 aliphatic heterocycles. The van der Waals surface area contributed by atoms with Crippen molar-refractivity contribution in [1.29, 1.82) is 0 Å². The average molecular weight is 278 g/mol. The third kappa shape index (κ3) is 2.77. The van der Waals surface area contributed by atoms with Gasteiger partial charge in [0.15, 0.2) is 0 Å². The Morgan fingerprint density at radius 2 is 2.11 bits per heavy atom. The molecule has 0 atom stereocenters. The van der Waals surface area contributed by atoms with Gasteiger partial charge in [0.05, 0.1) is 0 Å². The maximum absolute atomic E-state index is 6.27. The van der Waals surface area contributed by atoms with Gasteiger partial charge in [0.1, 0.15) is 0 Å². The molecule has 2 aromatic rings. The van der Waals surface area contributed by atoms with E-state index in [1.54, 1.807) is 0 Å². The largest absolute Gasteiger partial charge is 0.309 e. The van der Waals surface area contributed by atoms with E-state index in [0.29, 0.717) is 0 Å². The molecule has 0 unspecified atom stereocenters. The molecule has 1 heterocycles. The van der Waals surface area contributed by atoms with Gasteiger partial charge >= 0.3 is 0 Å². The van der Waals surface area contributed by atoms with E-state index in [1.807, 2.05) is 17.4 Å². The maximum Gasteiger partial charge on any atom is 0.0492 e. The van der Waals surface area contributed by atoms with Gasteiger partial charge in [-0.25, -0.2) is 0 Å². The van der Waals surface area contributed by atoms with Crippen LogP contribution in [-0.4, -0.2) is 6.04 Å². The van der Waals surface area contributed by atoms with Crippen molar-refractivity contribution in [1.82, 2.24) is 5.32 Å². The van der Waals surface area contributed by atoms with Crippen LogP contribution in [0.5, 0.6) is 0 Å². The Kier molecular flexibility index (Phi) is 3.42. The zero-order chi connectivity index (χ0) is 12.5. The van der Waals surface area contributed by atoms with Crippen LogP contribution in [-0.2, 0) is 6.54 Å². The van der Waals surface area contributed by atoms with Crippen LogP contribution in [0.1, 0.15) is 23.3 Å². The summed E-state index contributed by atoms with van der Waals surface area (Å²) in [4.78, 5) is 2.64. The molecule has 0 radical (unpaired) electrons. The molecule has 0 saturated heterocycles. The summed E-state index contributed by atoms with van der Waals surface area (Å²) in [6.45, 7) is 3.09. The highest BCUT2D eigenvalue weighted by atomic mass is 35.5. The van der Waals surface area contributed by atoms with Gasteiger partial charge in [-0.1, -0.05) is 23.2 Å². The fourth-order valence-electron chi connectivity index (χ4n) is 1.98. The molecule has 18 heavy (non-hydrogen) atoms. The molecule has 1 aromatic heterocycles. The minimum atomic E-state index is 0.762. The van der Waals surface area contributed by atoms with E-state index in [1.165, 1.54) is 28.2 Å². The van der Waals surface area contributed by atoms with Crippen molar-refractivity contribution < 1.29 is 0 Å². The zero-order valence-corrected chi connectivity index (χ0v) is 11.9. The van der Waals surface area contributed by atoms with Crippen LogP contribution in [0.3, 0.4) is 0 Å². The van der Waals surface area contributed by atoms with Crippen molar-refractivity contribution in [3.05, 3.63) is 45.8 Å². The van der Waals surface area contributed by atoms with E-state index >= 15 is 0 Å². The van der Waals surface area contributed by atoms with Crippen molar-refractivity contribution in [3.8, 4) is 10.4 Å². The second kappa shape index (κ2) is 5.04. The topological polar surface area (TPSA) is 12.0 Å². The van der Waals surface area contributed by atoms with Crippen LogP contribution in [0.2, 0.25) is 5.02 Å². The van der Waals surface area contributed by atoms with E-state index in [2.05, 4.69) is 36.5 Å². The minimum Gasteiger partial charge on any atom is -0.309 e. The van der Waals surface area contributed by atoms with Gasteiger partial charge in [0, 0.05) is 32.9 Å². The number of halogens is 1. The van der Waals surface area contributed by atoms with Gasteiger partial charge in [-0.05, 0) is 44.0 Å². The summed E-state index contributed by atoms with van der Waals surface area (Å²) in [6.07, 6.45) is 2.67. The van der Waals surface area contributed by atoms with Gasteiger partial charge in [-0.15, -0.1) is 11.3 Å². The van der Waals surface area contributed by atoms with Crippen molar-refractivity contribution >= 4 is 22.9 Å². The summed E-state index contributed by atoms with van der Waals surface area (Å²) in [7, 11) is 0. The van der Waals surface area contributed by atoms with Crippen molar-refractivity contribution in [2.24, 2.45) is 0 Å². The summed E-state index contributed by atoms with van der Waals surface area (Å²) < 4.78 is 0. The molecule has 1 fully saturated rings. The quantitative estimate of drug-likeness (QED) is 0.859. The molecule has 3 rings (SSSR count). The molecule has 1 nitrogen and oxygen atoms in total. The summed E-state index contributed by atoms with van der Waals surface area (Å²) >= 11 is 8.10. The molecule has 3 heteroatoms. The summed E-state index contributed by atoms with van der Waals surface area (Å²) in [5.41, 5.74) is 2.40. The van der Waals surface area contributed by atoms with Gasteiger partial charge in [-0.3, -0.25) is 0 Å². The highest BCUT2D eigenvalue weighted by molar-refractivity contribution is 7.15. The number of benzene rings is 1. The lowest BCUT2D eigenvalue weighted by atomic mass is 10.1. The number of thiophene rings is 1. The monoisotopic (exact) mass is 277 g/mol. The number of aryl methyl sites for hydroxylation is 1.